The molecule has 130 valence electrons. The molecule has 3 rings (SSSR count). The van der Waals surface area contributed by atoms with Crippen molar-refractivity contribution in [2.24, 2.45) is 14.1 Å². The molecule has 2 aromatic rings. The summed E-state index contributed by atoms with van der Waals surface area (Å²) in [6, 6.07) is 1.96. The zero-order valence-corrected chi connectivity index (χ0v) is 14.8. The summed E-state index contributed by atoms with van der Waals surface area (Å²) >= 11 is 0. The molecular formula is C17H20N6O2. The third kappa shape index (κ3) is 2.71. The van der Waals surface area contributed by atoms with Gasteiger partial charge in [0, 0.05) is 32.8 Å². The lowest BCUT2D eigenvalue weighted by atomic mass is 10.1. The molecule has 25 heavy (non-hydrogen) atoms. The van der Waals surface area contributed by atoms with Crippen LogP contribution < -0.4 is 16.1 Å². The number of hydrogen-bond donors (Lipinski definition) is 0. The van der Waals surface area contributed by atoms with Gasteiger partial charge in [0.2, 0.25) is 0 Å². The number of anilines is 1. The Balaban J connectivity index is 2.12. The Hall–Kier alpha value is -2.95. The van der Waals surface area contributed by atoms with E-state index in [0.717, 1.165) is 21.6 Å². The molecule has 2 aromatic heterocycles. The van der Waals surface area contributed by atoms with Crippen molar-refractivity contribution in [3.05, 3.63) is 49.7 Å². The molecule has 0 fully saturated rings. The van der Waals surface area contributed by atoms with Gasteiger partial charge in [0.25, 0.3) is 5.56 Å². The zero-order valence-electron chi connectivity index (χ0n) is 14.8. The summed E-state index contributed by atoms with van der Waals surface area (Å²) < 4.78 is 2.31. The highest BCUT2D eigenvalue weighted by atomic mass is 16.2. The van der Waals surface area contributed by atoms with Crippen LogP contribution in [0.3, 0.4) is 0 Å². The first-order chi connectivity index (χ1) is 11.8. The van der Waals surface area contributed by atoms with E-state index >= 15 is 0 Å². The Kier molecular flexibility index (Phi) is 4.17. The van der Waals surface area contributed by atoms with Crippen LogP contribution in [0.25, 0.3) is 0 Å². The van der Waals surface area contributed by atoms with E-state index in [0.29, 0.717) is 25.3 Å². The lowest BCUT2D eigenvalue weighted by Crippen LogP contribution is -2.44. The number of fused-ring (bicyclic) bond motifs is 1. The van der Waals surface area contributed by atoms with Crippen LogP contribution >= 0.6 is 0 Å². The minimum absolute atomic E-state index is 0.0220. The maximum atomic E-state index is 12.3. The molecule has 0 aromatic carbocycles. The van der Waals surface area contributed by atoms with Gasteiger partial charge in [-0.05, 0) is 12.0 Å². The van der Waals surface area contributed by atoms with Crippen LogP contribution in [-0.4, -0.2) is 25.6 Å². The third-order valence-corrected chi connectivity index (χ3v) is 4.53. The standard InChI is InChI=1S/C17H20N6O2/c1-10(2)14-19-8-11-5-6-23(9-13(11)20-14)15-12(7-18)16(24)22(4)17(25)21(15)3/h8,10H,5-6,9H2,1-4H3. The molecule has 1 aliphatic heterocycles. The molecular weight excluding hydrogens is 320 g/mol. The summed E-state index contributed by atoms with van der Waals surface area (Å²) in [5.74, 6) is 1.33. The topological polar surface area (TPSA) is 96.8 Å². The number of hydrogen-bond acceptors (Lipinski definition) is 6. The summed E-state index contributed by atoms with van der Waals surface area (Å²) in [5, 5.41) is 9.45. The van der Waals surface area contributed by atoms with Gasteiger partial charge in [-0.25, -0.2) is 14.8 Å². The second-order valence-electron chi connectivity index (χ2n) is 6.54. The highest BCUT2D eigenvalue weighted by Crippen LogP contribution is 2.24. The van der Waals surface area contributed by atoms with E-state index in [4.69, 9.17) is 0 Å². The van der Waals surface area contributed by atoms with Gasteiger partial charge in [-0.15, -0.1) is 0 Å². The summed E-state index contributed by atoms with van der Waals surface area (Å²) in [6.45, 7) is 5.08. The smallest absolute Gasteiger partial charge is 0.332 e. The predicted molar refractivity (Wildman–Crippen MR) is 92.5 cm³/mol. The molecule has 8 heteroatoms. The van der Waals surface area contributed by atoms with E-state index in [1.54, 1.807) is 7.05 Å². The Morgan fingerprint density at radius 2 is 1.96 bits per heavy atom. The molecule has 1 aliphatic rings. The van der Waals surface area contributed by atoms with Crippen molar-refractivity contribution in [2.75, 3.05) is 11.4 Å². The van der Waals surface area contributed by atoms with Crippen LogP contribution in [0, 0.1) is 11.3 Å². The summed E-state index contributed by atoms with van der Waals surface area (Å²) in [6.07, 6.45) is 2.55. The molecule has 0 N–H and O–H groups in total. The van der Waals surface area contributed by atoms with Gasteiger partial charge in [-0.1, -0.05) is 13.8 Å². The Bertz CT molecular complexity index is 996. The normalized spacial score (nSPS) is 13.7. The van der Waals surface area contributed by atoms with Crippen LogP contribution in [0.2, 0.25) is 0 Å². The van der Waals surface area contributed by atoms with Gasteiger partial charge in [0.15, 0.2) is 5.56 Å². The van der Waals surface area contributed by atoms with Crippen molar-refractivity contribution in [1.29, 1.82) is 5.26 Å². The first-order valence-electron chi connectivity index (χ1n) is 8.14. The maximum absolute atomic E-state index is 12.3. The quantitative estimate of drug-likeness (QED) is 0.786. The lowest BCUT2D eigenvalue weighted by Gasteiger charge is -2.31. The minimum atomic E-state index is -0.572. The van der Waals surface area contributed by atoms with Crippen molar-refractivity contribution in [3.8, 4) is 6.07 Å². The zero-order chi connectivity index (χ0) is 18.3. The van der Waals surface area contributed by atoms with Crippen LogP contribution in [0.5, 0.6) is 0 Å². The van der Waals surface area contributed by atoms with Crippen molar-refractivity contribution in [3.63, 3.8) is 0 Å². The lowest BCUT2D eigenvalue weighted by molar-refractivity contribution is 0.621. The summed E-state index contributed by atoms with van der Waals surface area (Å²) in [5.41, 5.74) is 0.897. The molecule has 0 spiro atoms. The molecule has 0 atom stereocenters. The van der Waals surface area contributed by atoms with E-state index in [9.17, 15) is 14.9 Å². The number of nitriles is 1. The van der Waals surface area contributed by atoms with Crippen LogP contribution in [-0.2, 0) is 27.1 Å². The van der Waals surface area contributed by atoms with Gasteiger partial charge in [-0.3, -0.25) is 13.9 Å². The van der Waals surface area contributed by atoms with E-state index in [1.165, 1.54) is 11.6 Å². The van der Waals surface area contributed by atoms with Crippen molar-refractivity contribution in [2.45, 2.75) is 32.7 Å². The van der Waals surface area contributed by atoms with Crippen molar-refractivity contribution < 1.29 is 0 Å². The Labute approximate surface area is 145 Å². The number of rotatable bonds is 2. The van der Waals surface area contributed by atoms with Crippen molar-refractivity contribution >= 4 is 5.82 Å². The molecule has 0 bridgehead atoms. The molecule has 0 aliphatic carbocycles. The largest absolute Gasteiger partial charge is 0.350 e. The summed E-state index contributed by atoms with van der Waals surface area (Å²) in [7, 11) is 2.95. The fraction of sp³-hybridized carbons (Fsp3) is 0.471. The molecule has 3 heterocycles. The molecule has 0 amide bonds. The van der Waals surface area contributed by atoms with Crippen LogP contribution in [0.15, 0.2) is 15.8 Å². The third-order valence-electron chi connectivity index (χ3n) is 4.53. The average molecular weight is 340 g/mol. The maximum Gasteiger partial charge on any atom is 0.332 e. The molecule has 0 saturated carbocycles. The Morgan fingerprint density at radius 3 is 2.60 bits per heavy atom. The monoisotopic (exact) mass is 340 g/mol. The molecule has 0 unspecified atom stereocenters. The fourth-order valence-corrected chi connectivity index (χ4v) is 3.08. The van der Waals surface area contributed by atoms with E-state index in [-0.39, 0.29) is 11.5 Å². The van der Waals surface area contributed by atoms with E-state index < -0.39 is 11.2 Å². The molecule has 0 radical (unpaired) electrons. The predicted octanol–water partition coefficient (Wildman–Crippen LogP) is 0.432. The first kappa shape index (κ1) is 16.9. The average Bonchev–Trinajstić information content (AvgIpc) is 2.61. The van der Waals surface area contributed by atoms with Crippen LogP contribution in [0.4, 0.5) is 5.82 Å². The number of aromatic nitrogens is 4. The second-order valence-corrected chi connectivity index (χ2v) is 6.54. The second kappa shape index (κ2) is 6.16. The van der Waals surface area contributed by atoms with E-state index in [1.807, 2.05) is 31.0 Å². The van der Waals surface area contributed by atoms with Gasteiger partial charge in [0.05, 0.1) is 12.2 Å². The SMILES string of the molecule is CC(C)c1ncc2c(n1)CN(c1c(C#N)c(=O)n(C)c(=O)n1C)CC2. The molecule has 0 saturated heterocycles. The van der Waals surface area contributed by atoms with Gasteiger partial charge < -0.3 is 4.90 Å². The highest BCUT2D eigenvalue weighted by Gasteiger charge is 2.25. The highest BCUT2D eigenvalue weighted by molar-refractivity contribution is 5.54. The van der Waals surface area contributed by atoms with Crippen LogP contribution in [0.1, 0.15) is 42.4 Å². The van der Waals surface area contributed by atoms with Gasteiger partial charge in [-0.2, -0.15) is 5.26 Å². The van der Waals surface area contributed by atoms with E-state index in [2.05, 4.69) is 9.97 Å². The molecule has 8 nitrogen and oxygen atoms in total. The van der Waals surface area contributed by atoms with Gasteiger partial charge in [0.1, 0.15) is 17.7 Å². The minimum Gasteiger partial charge on any atom is -0.350 e. The fourth-order valence-electron chi connectivity index (χ4n) is 3.08. The first-order valence-corrected chi connectivity index (χ1v) is 8.14. The van der Waals surface area contributed by atoms with Gasteiger partial charge >= 0.3 is 5.69 Å². The van der Waals surface area contributed by atoms with Crippen molar-refractivity contribution in [1.82, 2.24) is 19.1 Å². The Morgan fingerprint density at radius 1 is 1.24 bits per heavy atom. The summed E-state index contributed by atoms with van der Waals surface area (Å²) in [4.78, 5) is 35.5. The number of nitrogens with zero attached hydrogens (tertiary/aromatic N) is 6.